The topological polar surface area (TPSA) is 96.0 Å². The van der Waals surface area contributed by atoms with E-state index in [0.29, 0.717) is 24.7 Å². The predicted molar refractivity (Wildman–Crippen MR) is 98.4 cm³/mol. The lowest BCUT2D eigenvalue weighted by atomic mass is 9.92. The molecule has 26 heavy (non-hydrogen) atoms. The first-order chi connectivity index (χ1) is 12.4. The molecule has 3 rings (SSSR count). The number of likely N-dealkylation sites (tertiary alicyclic amines) is 1. The number of H-pyrrole nitrogens is 1. The number of anilines is 1. The number of rotatable bonds is 4. The summed E-state index contributed by atoms with van der Waals surface area (Å²) in [5.41, 5.74) is 1.40. The number of amides is 1. The lowest BCUT2D eigenvalue weighted by Gasteiger charge is -2.32. The number of piperidine rings is 1. The van der Waals surface area contributed by atoms with Crippen LogP contribution < -0.4 is 10.1 Å². The van der Waals surface area contributed by atoms with E-state index in [1.165, 1.54) is 6.33 Å². The van der Waals surface area contributed by atoms with Crippen LogP contribution in [0.5, 0.6) is 5.88 Å². The Kier molecular flexibility index (Phi) is 5.11. The first kappa shape index (κ1) is 18.2. The molecule has 0 aliphatic carbocycles. The van der Waals surface area contributed by atoms with Crippen molar-refractivity contribution in [3.05, 3.63) is 29.8 Å². The highest BCUT2D eigenvalue weighted by atomic mass is 16.5. The summed E-state index contributed by atoms with van der Waals surface area (Å²) in [5.74, 6) is 1.26. The zero-order valence-corrected chi connectivity index (χ0v) is 15.7. The van der Waals surface area contributed by atoms with E-state index < -0.39 is 0 Å². The van der Waals surface area contributed by atoms with Crippen molar-refractivity contribution in [2.24, 2.45) is 0 Å². The van der Waals surface area contributed by atoms with Gasteiger partial charge >= 0.3 is 0 Å². The average molecular weight is 358 g/mol. The molecule has 1 amide bonds. The number of aromatic amines is 1. The van der Waals surface area contributed by atoms with Gasteiger partial charge in [0.1, 0.15) is 17.8 Å². The molecule has 0 atom stereocenters. The van der Waals surface area contributed by atoms with Gasteiger partial charge in [-0.25, -0.2) is 9.97 Å². The number of aromatic nitrogens is 4. The first-order valence-electron chi connectivity index (χ1n) is 8.84. The lowest BCUT2D eigenvalue weighted by molar-refractivity contribution is 0.0712. The smallest absolute Gasteiger partial charge is 0.274 e. The minimum absolute atomic E-state index is 0.0149. The standard InChI is InChI=1S/C18H26N6O2/c1-18(2,3)14-9-13(22-23-14)17(25)24-7-5-12(6-8-24)21-15-10-16(26-4)20-11-19-15/h9-12H,5-8H2,1-4H3,(H,22,23)(H,19,20,21). The van der Waals surface area contributed by atoms with E-state index in [-0.39, 0.29) is 17.4 Å². The lowest BCUT2D eigenvalue weighted by Crippen LogP contribution is -2.42. The highest BCUT2D eigenvalue weighted by Crippen LogP contribution is 2.22. The molecule has 0 radical (unpaired) electrons. The molecular weight excluding hydrogens is 332 g/mol. The molecule has 2 N–H and O–H groups in total. The Labute approximate surface area is 153 Å². The number of ether oxygens (including phenoxy) is 1. The van der Waals surface area contributed by atoms with Crippen LogP contribution in [0.1, 0.15) is 49.8 Å². The minimum atomic E-state index is -0.0545. The number of carbonyl (C=O) groups is 1. The van der Waals surface area contributed by atoms with E-state index in [1.807, 2.05) is 11.0 Å². The van der Waals surface area contributed by atoms with E-state index >= 15 is 0 Å². The maximum Gasteiger partial charge on any atom is 0.274 e. The second-order valence-electron chi connectivity index (χ2n) is 7.57. The van der Waals surface area contributed by atoms with Gasteiger partial charge in [-0.2, -0.15) is 5.10 Å². The van der Waals surface area contributed by atoms with E-state index in [9.17, 15) is 4.79 Å². The second-order valence-corrected chi connectivity index (χ2v) is 7.57. The van der Waals surface area contributed by atoms with E-state index in [2.05, 4.69) is 46.3 Å². The van der Waals surface area contributed by atoms with Crippen LogP contribution in [0.25, 0.3) is 0 Å². The van der Waals surface area contributed by atoms with Crippen molar-refractivity contribution in [2.75, 3.05) is 25.5 Å². The van der Waals surface area contributed by atoms with Gasteiger partial charge in [0.25, 0.3) is 5.91 Å². The van der Waals surface area contributed by atoms with E-state index in [4.69, 9.17) is 4.74 Å². The number of hydrogen-bond acceptors (Lipinski definition) is 6. The van der Waals surface area contributed by atoms with Gasteiger partial charge in [0.2, 0.25) is 5.88 Å². The van der Waals surface area contributed by atoms with Crippen molar-refractivity contribution in [1.29, 1.82) is 0 Å². The Morgan fingerprint density at radius 3 is 2.62 bits per heavy atom. The maximum absolute atomic E-state index is 12.7. The van der Waals surface area contributed by atoms with Gasteiger partial charge in [-0.15, -0.1) is 0 Å². The van der Waals surface area contributed by atoms with E-state index in [1.54, 1.807) is 13.2 Å². The summed E-state index contributed by atoms with van der Waals surface area (Å²) in [5, 5.41) is 10.6. The SMILES string of the molecule is COc1cc(NC2CCN(C(=O)c3cc(C(C)(C)C)[nH]n3)CC2)ncn1. The molecule has 8 nitrogen and oxygen atoms in total. The highest BCUT2D eigenvalue weighted by Gasteiger charge is 2.26. The Hall–Kier alpha value is -2.64. The third-order valence-corrected chi connectivity index (χ3v) is 4.59. The summed E-state index contributed by atoms with van der Waals surface area (Å²) in [6.45, 7) is 7.66. The molecule has 1 saturated heterocycles. The van der Waals surface area contributed by atoms with Crippen LogP contribution >= 0.6 is 0 Å². The van der Waals surface area contributed by atoms with Crippen molar-refractivity contribution < 1.29 is 9.53 Å². The van der Waals surface area contributed by atoms with Gasteiger partial charge in [-0.3, -0.25) is 9.89 Å². The minimum Gasteiger partial charge on any atom is -0.481 e. The van der Waals surface area contributed by atoms with Crippen LogP contribution in [0, 0.1) is 0 Å². The molecule has 8 heteroatoms. The molecule has 0 saturated carbocycles. The highest BCUT2D eigenvalue weighted by molar-refractivity contribution is 5.92. The fraction of sp³-hybridized carbons (Fsp3) is 0.556. The van der Waals surface area contributed by atoms with Gasteiger partial charge < -0.3 is 15.0 Å². The molecule has 0 aromatic carbocycles. The van der Waals surface area contributed by atoms with Crippen LogP contribution in [-0.4, -0.2) is 57.2 Å². The summed E-state index contributed by atoms with van der Waals surface area (Å²) in [7, 11) is 1.58. The number of carbonyl (C=O) groups excluding carboxylic acids is 1. The normalized spacial score (nSPS) is 15.8. The van der Waals surface area contributed by atoms with Gasteiger partial charge in [0, 0.05) is 36.3 Å². The molecule has 2 aromatic rings. The number of nitrogens with zero attached hydrogens (tertiary/aromatic N) is 4. The van der Waals surface area contributed by atoms with Crippen LogP contribution in [0.2, 0.25) is 0 Å². The third-order valence-electron chi connectivity index (χ3n) is 4.59. The predicted octanol–water partition coefficient (Wildman–Crippen LogP) is 2.22. The average Bonchev–Trinajstić information content (AvgIpc) is 3.12. The molecule has 3 heterocycles. The van der Waals surface area contributed by atoms with Gasteiger partial charge in [0.05, 0.1) is 7.11 Å². The molecule has 1 fully saturated rings. The molecule has 0 unspecified atom stereocenters. The van der Waals surface area contributed by atoms with Crippen LogP contribution in [0.4, 0.5) is 5.82 Å². The fourth-order valence-electron chi connectivity index (χ4n) is 2.94. The quantitative estimate of drug-likeness (QED) is 0.870. The molecule has 2 aromatic heterocycles. The number of hydrogen-bond donors (Lipinski definition) is 2. The van der Waals surface area contributed by atoms with Crippen molar-refractivity contribution >= 4 is 11.7 Å². The maximum atomic E-state index is 12.7. The Morgan fingerprint density at radius 1 is 1.27 bits per heavy atom. The van der Waals surface area contributed by atoms with Gasteiger partial charge in [-0.1, -0.05) is 20.8 Å². The van der Waals surface area contributed by atoms with Crippen LogP contribution in [0.15, 0.2) is 18.5 Å². The van der Waals surface area contributed by atoms with Gasteiger partial charge in [0.15, 0.2) is 0 Å². The van der Waals surface area contributed by atoms with Crippen LogP contribution in [0.3, 0.4) is 0 Å². The Balaban J connectivity index is 1.56. The first-order valence-corrected chi connectivity index (χ1v) is 8.84. The van der Waals surface area contributed by atoms with Crippen molar-refractivity contribution in [3.8, 4) is 5.88 Å². The molecule has 0 bridgehead atoms. The Morgan fingerprint density at radius 2 is 2.00 bits per heavy atom. The number of methoxy groups -OCH3 is 1. The summed E-state index contributed by atoms with van der Waals surface area (Å²) in [6, 6.07) is 3.90. The zero-order chi connectivity index (χ0) is 18.7. The molecule has 1 aliphatic rings. The van der Waals surface area contributed by atoms with Gasteiger partial charge in [-0.05, 0) is 18.9 Å². The molecule has 140 valence electrons. The number of nitrogens with one attached hydrogen (secondary N) is 2. The monoisotopic (exact) mass is 358 g/mol. The van der Waals surface area contributed by atoms with Crippen molar-refractivity contribution in [3.63, 3.8) is 0 Å². The summed E-state index contributed by atoms with van der Waals surface area (Å²) in [6.07, 6.45) is 3.19. The second kappa shape index (κ2) is 7.31. The fourth-order valence-corrected chi connectivity index (χ4v) is 2.94. The molecule has 1 aliphatic heterocycles. The summed E-state index contributed by atoms with van der Waals surface area (Å²) in [4.78, 5) is 22.8. The van der Waals surface area contributed by atoms with Crippen LogP contribution in [-0.2, 0) is 5.41 Å². The van der Waals surface area contributed by atoms with E-state index in [0.717, 1.165) is 24.4 Å². The summed E-state index contributed by atoms with van der Waals surface area (Å²) < 4.78 is 5.11. The zero-order valence-electron chi connectivity index (χ0n) is 15.7. The van der Waals surface area contributed by atoms with Crippen molar-refractivity contribution in [2.45, 2.75) is 45.1 Å². The Bertz CT molecular complexity index is 759. The largest absolute Gasteiger partial charge is 0.481 e. The summed E-state index contributed by atoms with van der Waals surface area (Å²) >= 11 is 0. The van der Waals surface area contributed by atoms with Crippen molar-refractivity contribution in [1.82, 2.24) is 25.1 Å². The third kappa shape index (κ3) is 4.12. The molecule has 0 spiro atoms. The molecular formula is C18H26N6O2.